The summed E-state index contributed by atoms with van der Waals surface area (Å²) in [5.41, 5.74) is 0. The van der Waals surface area contributed by atoms with Crippen molar-refractivity contribution < 1.29 is 0 Å². The fraction of sp³-hybridized carbons (Fsp3) is 0.667. The second-order valence-corrected chi connectivity index (χ2v) is 6.73. The van der Waals surface area contributed by atoms with Gasteiger partial charge in [0.1, 0.15) is 0 Å². The quantitative estimate of drug-likeness (QED) is 0.416. The van der Waals surface area contributed by atoms with Crippen molar-refractivity contribution in [2.75, 3.05) is 31.6 Å². The Morgan fingerprint density at radius 3 is 2.90 bits per heavy atom. The van der Waals surface area contributed by atoms with Crippen LogP contribution in [-0.4, -0.2) is 37.6 Å². The van der Waals surface area contributed by atoms with Gasteiger partial charge in [-0.15, -0.1) is 11.3 Å². The summed E-state index contributed by atoms with van der Waals surface area (Å²) in [6.45, 7) is 7.08. The molecule has 0 aromatic carbocycles. The van der Waals surface area contributed by atoms with E-state index in [1.54, 1.807) is 0 Å². The highest BCUT2D eigenvalue weighted by Gasteiger charge is 2.06. The molecule has 0 bridgehead atoms. The maximum Gasteiger partial charge on any atom is 0.191 e. The van der Waals surface area contributed by atoms with Crippen LogP contribution in [0.2, 0.25) is 0 Å². The summed E-state index contributed by atoms with van der Waals surface area (Å²) in [6, 6.07) is 4.29. The zero-order chi connectivity index (χ0) is 14.6. The van der Waals surface area contributed by atoms with Crippen molar-refractivity contribution >= 4 is 29.1 Å². The summed E-state index contributed by atoms with van der Waals surface area (Å²) in [7, 11) is 0. The number of rotatable bonds is 9. The van der Waals surface area contributed by atoms with Crippen LogP contribution in [0.3, 0.4) is 0 Å². The zero-order valence-corrected chi connectivity index (χ0v) is 14.4. The molecule has 0 radical (unpaired) electrons. The smallest absolute Gasteiger partial charge is 0.191 e. The van der Waals surface area contributed by atoms with Gasteiger partial charge >= 0.3 is 0 Å². The van der Waals surface area contributed by atoms with E-state index in [0.717, 1.165) is 25.6 Å². The first kappa shape index (κ1) is 17.4. The minimum atomic E-state index is 0.488. The van der Waals surface area contributed by atoms with E-state index < -0.39 is 0 Å². The summed E-state index contributed by atoms with van der Waals surface area (Å²) in [4.78, 5) is 6.09. The first-order valence-electron chi connectivity index (χ1n) is 7.32. The number of guanidine groups is 1. The standard InChI is InChI=1S/C15H27N3S2/c1-4-16-15(17-9-5-6-10-19-3)18-12-13(2)14-8-7-11-20-14/h7-8,11,13H,4-6,9-10,12H2,1-3H3,(H2,16,17,18). The summed E-state index contributed by atoms with van der Waals surface area (Å²) in [5.74, 6) is 2.67. The van der Waals surface area contributed by atoms with Crippen LogP contribution in [0.5, 0.6) is 0 Å². The highest BCUT2D eigenvalue weighted by Crippen LogP contribution is 2.20. The molecule has 20 heavy (non-hydrogen) atoms. The predicted molar refractivity (Wildman–Crippen MR) is 94.3 cm³/mol. The van der Waals surface area contributed by atoms with Gasteiger partial charge in [0.2, 0.25) is 0 Å². The normalized spacial score (nSPS) is 13.2. The van der Waals surface area contributed by atoms with Crippen LogP contribution in [0, 0.1) is 0 Å². The van der Waals surface area contributed by atoms with Crippen molar-refractivity contribution in [3.8, 4) is 0 Å². The minimum Gasteiger partial charge on any atom is -0.357 e. The monoisotopic (exact) mass is 313 g/mol. The van der Waals surface area contributed by atoms with E-state index in [-0.39, 0.29) is 0 Å². The average molecular weight is 314 g/mol. The largest absolute Gasteiger partial charge is 0.357 e. The molecule has 0 saturated heterocycles. The van der Waals surface area contributed by atoms with Gasteiger partial charge < -0.3 is 10.6 Å². The van der Waals surface area contributed by atoms with Gasteiger partial charge in [0.25, 0.3) is 0 Å². The Labute approximate surface area is 131 Å². The van der Waals surface area contributed by atoms with Gasteiger partial charge in [-0.1, -0.05) is 13.0 Å². The Morgan fingerprint density at radius 1 is 1.40 bits per heavy atom. The van der Waals surface area contributed by atoms with E-state index in [0.29, 0.717) is 5.92 Å². The molecule has 1 rings (SSSR count). The molecule has 0 aliphatic rings. The molecule has 1 aromatic rings. The van der Waals surface area contributed by atoms with Crippen molar-refractivity contribution in [3.63, 3.8) is 0 Å². The molecule has 0 saturated carbocycles. The predicted octanol–water partition coefficient (Wildman–Crippen LogP) is 3.55. The fourth-order valence-electron chi connectivity index (χ4n) is 1.81. The van der Waals surface area contributed by atoms with Crippen LogP contribution in [0.15, 0.2) is 22.5 Å². The minimum absolute atomic E-state index is 0.488. The van der Waals surface area contributed by atoms with E-state index in [2.05, 4.69) is 53.2 Å². The Bertz CT molecular complexity index is 363. The third kappa shape index (κ3) is 7.20. The number of nitrogens with zero attached hydrogens (tertiary/aromatic N) is 1. The molecular weight excluding hydrogens is 286 g/mol. The highest BCUT2D eigenvalue weighted by atomic mass is 32.2. The summed E-state index contributed by atoms with van der Waals surface area (Å²) >= 11 is 3.72. The maximum atomic E-state index is 4.68. The Balaban J connectivity index is 2.34. The highest BCUT2D eigenvalue weighted by molar-refractivity contribution is 7.98. The lowest BCUT2D eigenvalue weighted by molar-refractivity contribution is 0.722. The van der Waals surface area contributed by atoms with Gasteiger partial charge in [-0.2, -0.15) is 11.8 Å². The lowest BCUT2D eigenvalue weighted by Gasteiger charge is -2.12. The molecule has 1 unspecified atom stereocenters. The first-order chi connectivity index (χ1) is 9.77. The molecule has 114 valence electrons. The summed E-state index contributed by atoms with van der Waals surface area (Å²) in [5, 5.41) is 8.85. The van der Waals surface area contributed by atoms with E-state index >= 15 is 0 Å². The van der Waals surface area contributed by atoms with Crippen molar-refractivity contribution in [3.05, 3.63) is 22.4 Å². The molecule has 0 amide bonds. The number of nitrogens with one attached hydrogen (secondary N) is 2. The number of thiophene rings is 1. The van der Waals surface area contributed by atoms with E-state index in [9.17, 15) is 0 Å². The number of aliphatic imine (C=N–C) groups is 1. The van der Waals surface area contributed by atoms with E-state index in [4.69, 9.17) is 0 Å². The average Bonchev–Trinajstić information content (AvgIpc) is 2.98. The third-order valence-electron chi connectivity index (χ3n) is 2.96. The second kappa shape index (κ2) is 11.0. The molecule has 1 atom stereocenters. The van der Waals surface area contributed by atoms with Crippen molar-refractivity contribution in [2.24, 2.45) is 4.99 Å². The van der Waals surface area contributed by atoms with Crippen LogP contribution in [0.25, 0.3) is 0 Å². The number of unbranched alkanes of at least 4 members (excludes halogenated alkanes) is 1. The third-order valence-corrected chi connectivity index (χ3v) is 4.76. The van der Waals surface area contributed by atoms with Crippen LogP contribution in [-0.2, 0) is 0 Å². The van der Waals surface area contributed by atoms with Crippen LogP contribution in [0.4, 0.5) is 0 Å². The molecule has 1 heterocycles. The molecule has 1 aromatic heterocycles. The molecule has 2 N–H and O–H groups in total. The first-order valence-corrected chi connectivity index (χ1v) is 9.59. The zero-order valence-electron chi connectivity index (χ0n) is 12.8. The Kier molecular flexibility index (Phi) is 9.58. The maximum absolute atomic E-state index is 4.68. The van der Waals surface area contributed by atoms with Crippen LogP contribution in [0.1, 0.15) is 37.5 Å². The molecule has 0 aliphatic carbocycles. The van der Waals surface area contributed by atoms with Gasteiger partial charge in [0.15, 0.2) is 5.96 Å². The fourth-order valence-corrected chi connectivity index (χ4v) is 3.08. The van der Waals surface area contributed by atoms with Gasteiger partial charge in [-0.3, -0.25) is 4.99 Å². The lowest BCUT2D eigenvalue weighted by atomic mass is 10.1. The van der Waals surface area contributed by atoms with E-state index in [1.807, 2.05) is 23.1 Å². The number of hydrogen-bond acceptors (Lipinski definition) is 3. The van der Waals surface area contributed by atoms with E-state index in [1.165, 1.54) is 23.5 Å². The SMILES string of the molecule is CCNC(=NCC(C)c1cccs1)NCCCCSC. The molecule has 0 fully saturated rings. The Hall–Kier alpha value is -0.680. The topological polar surface area (TPSA) is 36.4 Å². The molecular formula is C15H27N3S2. The lowest BCUT2D eigenvalue weighted by Crippen LogP contribution is -2.38. The number of hydrogen-bond donors (Lipinski definition) is 2. The van der Waals surface area contributed by atoms with Crippen molar-refractivity contribution in [2.45, 2.75) is 32.6 Å². The molecule has 3 nitrogen and oxygen atoms in total. The number of thioether (sulfide) groups is 1. The van der Waals surface area contributed by atoms with Crippen LogP contribution >= 0.6 is 23.1 Å². The molecule has 5 heteroatoms. The van der Waals surface area contributed by atoms with Gasteiger partial charge in [0.05, 0.1) is 6.54 Å². The van der Waals surface area contributed by atoms with Crippen molar-refractivity contribution in [1.29, 1.82) is 0 Å². The van der Waals surface area contributed by atoms with Crippen molar-refractivity contribution in [1.82, 2.24) is 10.6 Å². The molecule has 0 spiro atoms. The van der Waals surface area contributed by atoms with Gasteiger partial charge in [-0.25, -0.2) is 0 Å². The van der Waals surface area contributed by atoms with Gasteiger partial charge in [-0.05, 0) is 43.2 Å². The second-order valence-electron chi connectivity index (χ2n) is 4.76. The van der Waals surface area contributed by atoms with Crippen LogP contribution < -0.4 is 10.6 Å². The summed E-state index contributed by atoms with van der Waals surface area (Å²) < 4.78 is 0. The molecule has 0 aliphatic heterocycles. The summed E-state index contributed by atoms with van der Waals surface area (Å²) in [6.07, 6.45) is 4.62. The Morgan fingerprint density at radius 2 is 2.25 bits per heavy atom. The van der Waals surface area contributed by atoms with Gasteiger partial charge in [0, 0.05) is 23.9 Å².